The second-order valence-corrected chi connectivity index (χ2v) is 9.19. The third kappa shape index (κ3) is 6.46. The van der Waals surface area contributed by atoms with E-state index in [0.29, 0.717) is 18.5 Å². The number of hydrogen-bond donors (Lipinski definition) is 3. The van der Waals surface area contributed by atoms with Crippen LogP contribution < -0.4 is 5.73 Å². The Hall–Kier alpha value is -2.08. The molecule has 1 aliphatic heterocycles. The van der Waals surface area contributed by atoms with Crippen LogP contribution in [0.25, 0.3) is 0 Å². The fourth-order valence-corrected chi connectivity index (χ4v) is 5.89. The van der Waals surface area contributed by atoms with Crippen molar-refractivity contribution in [2.24, 2.45) is 5.73 Å². The van der Waals surface area contributed by atoms with Gasteiger partial charge in [0.1, 0.15) is 17.9 Å². The highest BCUT2D eigenvalue weighted by molar-refractivity contribution is 8.77. The molecule has 8 nitrogen and oxygen atoms in total. The highest BCUT2D eigenvalue weighted by atomic mass is 33.1. The number of rotatable bonds is 9. The SMILES string of the molecule is COC(=O)C(c1ccccc1F)N1CCC(SSCC(N)C(=O)O)C(=CC(=O)O)C1. The van der Waals surface area contributed by atoms with Gasteiger partial charge in [-0.2, -0.15) is 0 Å². The van der Waals surface area contributed by atoms with Crippen LogP contribution >= 0.6 is 21.6 Å². The zero-order chi connectivity index (χ0) is 22.3. The van der Waals surface area contributed by atoms with Crippen LogP contribution in [0.1, 0.15) is 18.0 Å². The van der Waals surface area contributed by atoms with Crippen molar-refractivity contribution in [2.45, 2.75) is 23.8 Å². The predicted molar refractivity (Wildman–Crippen MR) is 113 cm³/mol. The van der Waals surface area contributed by atoms with Crippen molar-refractivity contribution in [1.29, 1.82) is 0 Å². The first-order valence-corrected chi connectivity index (χ1v) is 11.4. The molecule has 0 amide bonds. The van der Waals surface area contributed by atoms with Gasteiger partial charge >= 0.3 is 17.9 Å². The van der Waals surface area contributed by atoms with Crippen molar-refractivity contribution in [1.82, 2.24) is 4.90 Å². The molecule has 0 spiro atoms. The molecule has 1 aromatic rings. The van der Waals surface area contributed by atoms with Gasteiger partial charge in [0.2, 0.25) is 0 Å². The highest BCUT2D eigenvalue weighted by Crippen LogP contribution is 2.38. The molecule has 0 saturated carbocycles. The summed E-state index contributed by atoms with van der Waals surface area (Å²) in [6, 6.07) is 3.87. The summed E-state index contributed by atoms with van der Waals surface area (Å²) in [5, 5.41) is 17.9. The summed E-state index contributed by atoms with van der Waals surface area (Å²) in [5.41, 5.74) is 6.20. The lowest BCUT2D eigenvalue weighted by Gasteiger charge is -2.37. The quantitative estimate of drug-likeness (QED) is 0.287. The molecule has 0 radical (unpaired) electrons. The van der Waals surface area contributed by atoms with Crippen molar-refractivity contribution >= 4 is 39.5 Å². The van der Waals surface area contributed by atoms with Gasteiger partial charge in [0.05, 0.1) is 7.11 Å². The number of carbonyl (C=O) groups excluding carboxylic acids is 1. The topological polar surface area (TPSA) is 130 Å². The van der Waals surface area contributed by atoms with E-state index in [1.165, 1.54) is 46.9 Å². The van der Waals surface area contributed by atoms with Crippen LogP contribution in [0, 0.1) is 5.82 Å². The number of hydrogen-bond acceptors (Lipinski definition) is 8. The van der Waals surface area contributed by atoms with E-state index < -0.39 is 35.8 Å². The number of methoxy groups -OCH3 is 1. The fourth-order valence-electron chi connectivity index (χ4n) is 3.06. The number of aliphatic carboxylic acids is 2. The minimum Gasteiger partial charge on any atom is -0.480 e. The maximum atomic E-state index is 14.4. The normalized spacial score (nSPS) is 20.5. The molecule has 1 aromatic carbocycles. The van der Waals surface area contributed by atoms with Gasteiger partial charge in [-0.3, -0.25) is 9.69 Å². The summed E-state index contributed by atoms with van der Waals surface area (Å²) in [5.74, 6) is -3.26. The Balaban J connectivity index is 2.20. The molecule has 11 heteroatoms. The maximum Gasteiger partial charge on any atom is 0.328 e. The molecule has 3 atom stereocenters. The first-order valence-electron chi connectivity index (χ1n) is 9.01. The van der Waals surface area contributed by atoms with E-state index in [1.807, 2.05) is 0 Å². The summed E-state index contributed by atoms with van der Waals surface area (Å²) in [6.45, 7) is 0.526. The lowest BCUT2D eigenvalue weighted by molar-refractivity contribution is -0.147. The van der Waals surface area contributed by atoms with E-state index in [1.54, 1.807) is 11.0 Å². The van der Waals surface area contributed by atoms with Gasteiger partial charge in [-0.05, 0) is 18.1 Å². The molecular weight excluding hydrogens is 435 g/mol. The largest absolute Gasteiger partial charge is 0.480 e. The van der Waals surface area contributed by atoms with Crippen molar-refractivity contribution in [3.8, 4) is 0 Å². The van der Waals surface area contributed by atoms with Crippen molar-refractivity contribution in [2.75, 3.05) is 26.0 Å². The number of ether oxygens (including phenoxy) is 1. The minimum atomic E-state index is -1.13. The first kappa shape index (κ1) is 24.2. The third-order valence-corrected chi connectivity index (χ3v) is 7.44. The standard InChI is InChI=1S/C19H23FN2O6S2/c1-28-19(27)17(12-4-2-3-5-13(12)20)22-7-6-15(11(9-22)8-16(23)24)30-29-10-14(21)18(25)26/h2-5,8,14-15,17H,6-7,9-10,21H2,1H3,(H,23,24)(H,25,26). The van der Waals surface area contributed by atoms with Gasteiger partial charge < -0.3 is 20.7 Å². The highest BCUT2D eigenvalue weighted by Gasteiger charge is 2.36. The molecule has 4 N–H and O–H groups in total. The number of halogens is 1. The number of nitrogens with zero attached hydrogens (tertiary/aromatic N) is 1. The molecule has 1 aliphatic rings. The van der Waals surface area contributed by atoms with Crippen LogP contribution in [0.5, 0.6) is 0 Å². The van der Waals surface area contributed by atoms with E-state index in [4.69, 9.17) is 15.6 Å². The first-order chi connectivity index (χ1) is 14.2. The Labute approximate surface area is 181 Å². The van der Waals surface area contributed by atoms with Gasteiger partial charge in [-0.25, -0.2) is 14.0 Å². The number of nitrogens with two attached hydrogens (primary N) is 1. The number of piperidine rings is 1. The Morgan fingerprint density at radius 2 is 2.07 bits per heavy atom. The summed E-state index contributed by atoms with van der Waals surface area (Å²) in [4.78, 5) is 36.3. The van der Waals surface area contributed by atoms with E-state index in [9.17, 15) is 23.9 Å². The number of carboxylic acid groups (broad SMARTS) is 2. The zero-order valence-electron chi connectivity index (χ0n) is 16.2. The number of carboxylic acids is 2. The average Bonchev–Trinajstić information content (AvgIpc) is 2.70. The molecule has 164 valence electrons. The van der Waals surface area contributed by atoms with Crippen molar-refractivity contribution in [3.63, 3.8) is 0 Å². The molecule has 3 unspecified atom stereocenters. The van der Waals surface area contributed by atoms with Crippen LogP contribution in [-0.2, 0) is 19.1 Å². The van der Waals surface area contributed by atoms with Gasteiger partial charge in [-0.1, -0.05) is 39.8 Å². The Morgan fingerprint density at radius 1 is 1.37 bits per heavy atom. The van der Waals surface area contributed by atoms with Gasteiger partial charge in [-0.15, -0.1) is 0 Å². The summed E-state index contributed by atoms with van der Waals surface area (Å²) in [7, 11) is 3.82. The zero-order valence-corrected chi connectivity index (χ0v) is 17.8. The third-order valence-electron chi connectivity index (χ3n) is 4.52. The Kier molecular flexibility index (Phi) is 9.15. The Bertz CT molecular complexity index is 822. The van der Waals surface area contributed by atoms with E-state index >= 15 is 0 Å². The van der Waals surface area contributed by atoms with E-state index in [0.717, 1.165) is 6.08 Å². The molecule has 1 fully saturated rings. The molecule has 1 saturated heterocycles. The molecule has 30 heavy (non-hydrogen) atoms. The number of esters is 1. The van der Waals surface area contributed by atoms with Crippen LogP contribution in [0.3, 0.4) is 0 Å². The number of benzene rings is 1. The summed E-state index contributed by atoms with van der Waals surface area (Å²) >= 11 is 0. The number of likely N-dealkylation sites (tertiary alicyclic amines) is 1. The molecule has 0 aliphatic carbocycles. The fraction of sp³-hybridized carbons (Fsp3) is 0.421. The van der Waals surface area contributed by atoms with Crippen molar-refractivity contribution in [3.05, 3.63) is 47.3 Å². The second kappa shape index (κ2) is 11.3. The van der Waals surface area contributed by atoms with Crippen LogP contribution in [0.15, 0.2) is 35.9 Å². The molecule has 0 aromatic heterocycles. The van der Waals surface area contributed by atoms with Crippen molar-refractivity contribution < 1.29 is 33.7 Å². The molecule has 1 heterocycles. The number of carbonyl (C=O) groups is 3. The Morgan fingerprint density at radius 3 is 2.67 bits per heavy atom. The monoisotopic (exact) mass is 458 g/mol. The summed E-state index contributed by atoms with van der Waals surface area (Å²) in [6.07, 6.45) is 1.57. The van der Waals surface area contributed by atoms with E-state index in [2.05, 4.69) is 0 Å². The van der Waals surface area contributed by atoms with Gasteiger partial charge in [0.25, 0.3) is 0 Å². The van der Waals surface area contributed by atoms with Crippen LogP contribution in [0.2, 0.25) is 0 Å². The maximum absolute atomic E-state index is 14.4. The average molecular weight is 459 g/mol. The van der Waals surface area contributed by atoms with E-state index in [-0.39, 0.29) is 23.1 Å². The lowest BCUT2D eigenvalue weighted by atomic mass is 9.98. The predicted octanol–water partition coefficient (Wildman–Crippen LogP) is 1.92. The molecule has 2 rings (SSSR count). The minimum absolute atomic E-state index is 0.129. The van der Waals surface area contributed by atoms with Gasteiger partial charge in [0.15, 0.2) is 0 Å². The lowest BCUT2D eigenvalue weighted by Crippen LogP contribution is -2.43. The summed E-state index contributed by atoms with van der Waals surface area (Å²) < 4.78 is 19.2. The van der Waals surface area contributed by atoms with Crippen LogP contribution in [0.4, 0.5) is 4.39 Å². The second-order valence-electron chi connectivity index (χ2n) is 6.58. The van der Waals surface area contributed by atoms with Gasteiger partial charge in [0, 0.05) is 35.7 Å². The molecule has 0 bridgehead atoms. The smallest absolute Gasteiger partial charge is 0.328 e. The molecular formula is C19H23FN2O6S2. The van der Waals surface area contributed by atoms with Crippen LogP contribution in [-0.4, -0.2) is 70.3 Å².